The summed E-state index contributed by atoms with van der Waals surface area (Å²) >= 11 is 0. The molecule has 0 aromatic rings. The Morgan fingerprint density at radius 3 is 2.60 bits per heavy atom. The molecule has 2 rings (SSSR count). The van der Waals surface area contributed by atoms with Crippen LogP contribution in [0, 0.1) is 5.92 Å². The fourth-order valence-corrected chi connectivity index (χ4v) is 1.73. The minimum atomic E-state index is 0.768. The summed E-state index contributed by atoms with van der Waals surface area (Å²) < 4.78 is 5.14. The third-order valence-electron chi connectivity index (χ3n) is 2.59. The quantitative estimate of drug-likeness (QED) is 0.533. The van der Waals surface area contributed by atoms with Gasteiger partial charge in [0.2, 0.25) is 0 Å². The molecule has 58 valence electrons. The van der Waals surface area contributed by atoms with E-state index in [0.717, 1.165) is 25.2 Å². The second-order valence-corrected chi connectivity index (χ2v) is 3.58. The van der Waals surface area contributed by atoms with E-state index >= 15 is 0 Å². The highest BCUT2D eigenvalue weighted by atomic mass is 16.5. The van der Waals surface area contributed by atoms with Crippen molar-refractivity contribution in [2.24, 2.45) is 5.92 Å². The summed E-state index contributed by atoms with van der Waals surface area (Å²) in [6.45, 7) is 6.89. The Hall–Kier alpha value is -0.0800. The van der Waals surface area contributed by atoms with Crippen molar-refractivity contribution in [3.05, 3.63) is 0 Å². The Morgan fingerprint density at radius 1 is 1.40 bits per heavy atom. The molecule has 0 N–H and O–H groups in total. The van der Waals surface area contributed by atoms with Gasteiger partial charge in [0.25, 0.3) is 0 Å². The van der Waals surface area contributed by atoms with E-state index in [0.29, 0.717) is 0 Å². The first-order valence-electron chi connectivity index (χ1n) is 4.18. The number of ether oxygens (including phenoxy) is 1. The zero-order valence-electron chi connectivity index (χ0n) is 6.55. The van der Waals surface area contributed by atoms with Gasteiger partial charge in [-0.15, -0.1) is 0 Å². The van der Waals surface area contributed by atoms with Gasteiger partial charge < -0.3 is 4.74 Å². The molecule has 1 atom stereocenters. The summed E-state index contributed by atoms with van der Waals surface area (Å²) in [6.07, 6.45) is 1.39. The SMILES string of the molecule is C[C@H]1CCN(C2COC2)C1. The summed E-state index contributed by atoms with van der Waals surface area (Å²) in [4.78, 5) is 2.56. The van der Waals surface area contributed by atoms with Crippen molar-refractivity contribution in [3.63, 3.8) is 0 Å². The monoisotopic (exact) mass is 141 g/mol. The number of rotatable bonds is 1. The van der Waals surface area contributed by atoms with Crippen molar-refractivity contribution in [3.8, 4) is 0 Å². The molecule has 2 aliphatic rings. The van der Waals surface area contributed by atoms with Crippen molar-refractivity contribution in [2.45, 2.75) is 19.4 Å². The molecular formula is C8H15NO. The third kappa shape index (κ3) is 1.06. The third-order valence-corrected chi connectivity index (χ3v) is 2.59. The fourth-order valence-electron chi connectivity index (χ4n) is 1.73. The molecule has 0 aromatic carbocycles. The zero-order chi connectivity index (χ0) is 6.97. The molecule has 0 spiro atoms. The lowest BCUT2D eigenvalue weighted by molar-refractivity contribution is -0.0578. The van der Waals surface area contributed by atoms with Gasteiger partial charge in [0.1, 0.15) is 0 Å². The largest absolute Gasteiger partial charge is 0.378 e. The van der Waals surface area contributed by atoms with Gasteiger partial charge in [0.05, 0.1) is 19.3 Å². The van der Waals surface area contributed by atoms with Crippen LogP contribution in [0.3, 0.4) is 0 Å². The Morgan fingerprint density at radius 2 is 2.20 bits per heavy atom. The molecule has 2 aliphatic heterocycles. The van der Waals surface area contributed by atoms with Gasteiger partial charge >= 0.3 is 0 Å². The number of hydrogen-bond donors (Lipinski definition) is 0. The van der Waals surface area contributed by atoms with Crippen LogP contribution in [0.25, 0.3) is 0 Å². The summed E-state index contributed by atoms with van der Waals surface area (Å²) in [5, 5.41) is 0. The first-order valence-corrected chi connectivity index (χ1v) is 4.18. The summed E-state index contributed by atoms with van der Waals surface area (Å²) in [6, 6.07) is 0.768. The summed E-state index contributed by atoms with van der Waals surface area (Å²) in [5.41, 5.74) is 0. The van der Waals surface area contributed by atoms with Crippen molar-refractivity contribution >= 4 is 0 Å². The molecule has 2 heterocycles. The van der Waals surface area contributed by atoms with Crippen LogP contribution in [0.2, 0.25) is 0 Å². The average Bonchev–Trinajstić information content (AvgIpc) is 2.10. The normalized spacial score (nSPS) is 36.3. The van der Waals surface area contributed by atoms with E-state index in [9.17, 15) is 0 Å². The molecule has 0 aliphatic carbocycles. The number of hydrogen-bond acceptors (Lipinski definition) is 2. The predicted octanol–water partition coefficient (Wildman–Crippen LogP) is 0.727. The van der Waals surface area contributed by atoms with Gasteiger partial charge in [-0.1, -0.05) is 6.92 Å². The van der Waals surface area contributed by atoms with E-state index in [1.165, 1.54) is 19.5 Å². The van der Waals surface area contributed by atoms with Crippen LogP contribution in [0.5, 0.6) is 0 Å². The highest BCUT2D eigenvalue weighted by molar-refractivity contribution is 4.83. The maximum atomic E-state index is 5.14. The maximum absolute atomic E-state index is 5.14. The molecule has 0 amide bonds. The Kier molecular flexibility index (Phi) is 1.66. The van der Waals surface area contributed by atoms with Gasteiger partial charge in [-0.2, -0.15) is 0 Å². The van der Waals surface area contributed by atoms with E-state index in [4.69, 9.17) is 4.74 Å². The number of nitrogens with zero attached hydrogens (tertiary/aromatic N) is 1. The smallest absolute Gasteiger partial charge is 0.0645 e. The number of likely N-dealkylation sites (tertiary alicyclic amines) is 1. The van der Waals surface area contributed by atoms with Crippen molar-refractivity contribution in [1.29, 1.82) is 0 Å². The minimum absolute atomic E-state index is 0.768. The van der Waals surface area contributed by atoms with Gasteiger partial charge in [0, 0.05) is 6.54 Å². The molecule has 10 heavy (non-hydrogen) atoms. The van der Waals surface area contributed by atoms with E-state index in [1.807, 2.05) is 0 Å². The highest BCUT2D eigenvalue weighted by Gasteiger charge is 2.30. The van der Waals surface area contributed by atoms with Crippen LogP contribution in [-0.2, 0) is 4.74 Å². The average molecular weight is 141 g/mol. The van der Waals surface area contributed by atoms with Crippen LogP contribution in [0.1, 0.15) is 13.3 Å². The molecule has 0 radical (unpaired) electrons. The predicted molar refractivity (Wildman–Crippen MR) is 40.0 cm³/mol. The summed E-state index contributed by atoms with van der Waals surface area (Å²) in [5.74, 6) is 0.917. The first-order chi connectivity index (χ1) is 4.86. The van der Waals surface area contributed by atoms with Crippen LogP contribution in [0.4, 0.5) is 0 Å². The topological polar surface area (TPSA) is 12.5 Å². The van der Waals surface area contributed by atoms with E-state index in [2.05, 4.69) is 11.8 Å². The van der Waals surface area contributed by atoms with E-state index in [1.54, 1.807) is 0 Å². The molecule has 0 unspecified atom stereocenters. The minimum Gasteiger partial charge on any atom is -0.378 e. The molecule has 0 bridgehead atoms. The zero-order valence-corrected chi connectivity index (χ0v) is 6.55. The Bertz CT molecular complexity index is 122. The Balaban J connectivity index is 1.82. The molecule has 2 heteroatoms. The van der Waals surface area contributed by atoms with Crippen molar-refractivity contribution < 1.29 is 4.74 Å². The molecular weight excluding hydrogens is 126 g/mol. The standard InChI is InChI=1S/C8H15NO/c1-7-2-3-9(4-7)8-5-10-6-8/h7-8H,2-6H2,1H3/t7-/m0/s1. The van der Waals surface area contributed by atoms with Crippen LogP contribution < -0.4 is 0 Å². The molecule has 2 fully saturated rings. The second-order valence-electron chi connectivity index (χ2n) is 3.58. The molecule has 2 saturated heterocycles. The van der Waals surface area contributed by atoms with Gasteiger partial charge in [0.15, 0.2) is 0 Å². The van der Waals surface area contributed by atoms with Crippen LogP contribution in [-0.4, -0.2) is 37.2 Å². The van der Waals surface area contributed by atoms with E-state index in [-0.39, 0.29) is 0 Å². The summed E-state index contributed by atoms with van der Waals surface area (Å²) in [7, 11) is 0. The van der Waals surface area contributed by atoms with Gasteiger partial charge in [-0.25, -0.2) is 0 Å². The lowest BCUT2D eigenvalue weighted by Crippen LogP contribution is -2.47. The molecule has 0 saturated carbocycles. The van der Waals surface area contributed by atoms with Gasteiger partial charge in [-0.3, -0.25) is 4.90 Å². The van der Waals surface area contributed by atoms with Crippen LogP contribution >= 0.6 is 0 Å². The first kappa shape index (κ1) is 6.62. The van der Waals surface area contributed by atoms with Crippen molar-refractivity contribution in [2.75, 3.05) is 26.3 Å². The lowest BCUT2D eigenvalue weighted by Gasteiger charge is -2.34. The fraction of sp³-hybridized carbons (Fsp3) is 1.00. The Labute approximate surface area is 62.2 Å². The molecule has 2 nitrogen and oxygen atoms in total. The van der Waals surface area contributed by atoms with E-state index < -0.39 is 0 Å². The van der Waals surface area contributed by atoms with Gasteiger partial charge in [-0.05, 0) is 18.9 Å². The van der Waals surface area contributed by atoms with Crippen molar-refractivity contribution in [1.82, 2.24) is 4.90 Å². The lowest BCUT2D eigenvalue weighted by atomic mass is 10.2. The maximum Gasteiger partial charge on any atom is 0.0645 e. The second kappa shape index (κ2) is 2.51. The van der Waals surface area contributed by atoms with Crippen LogP contribution in [0.15, 0.2) is 0 Å². The highest BCUT2D eigenvalue weighted by Crippen LogP contribution is 2.20. The molecule has 0 aromatic heterocycles.